The third-order valence-corrected chi connectivity index (χ3v) is 5.27. The molecule has 0 aromatic carbocycles. The third kappa shape index (κ3) is 10.8. The van der Waals surface area contributed by atoms with Gasteiger partial charge in [0.2, 0.25) is 23.6 Å². The zero-order valence-electron chi connectivity index (χ0n) is 20.1. The number of nitrogens with one attached hydrogen (secondary N) is 4. The summed E-state index contributed by atoms with van der Waals surface area (Å²) in [4.78, 5) is 67.4. The number of carboxylic acids is 1. The zero-order valence-corrected chi connectivity index (χ0v) is 20.1. The van der Waals surface area contributed by atoms with Crippen molar-refractivity contribution in [2.45, 2.75) is 75.7 Å². The molecular weight excluding hydrogens is 476 g/mol. The summed E-state index contributed by atoms with van der Waals surface area (Å²) in [5.41, 5.74) is 16.7. The summed E-state index contributed by atoms with van der Waals surface area (Å²) in [6, 6.07) is -5.13. The highest BCUT2D eigenvalue weighted by Gasteiger charge is 2.33. The van der Waals surface area contributed by atoms with Crippen molar-refractivity contribution in [2.24, 2.45) is 17.2 Å². The van der Waals surface area contributed by atoms with Crippen LogP contribution in [0.5, 0.6) is 0 Å². The Balaban J connectivity index is 2.96. The molecule has 5 atom stereocenters. The van der Waals surface area contributed by atoms with Gasteiger partial charge in [0.05, 0.1) is 18.5 Å². The van der Waals surface area contributed by atoms with Crippen molar-refractivity contribution in [1.29, 1.82) is 0 Å². The number of hydrogen-bond donors (Lipinski definition) is 9. The van der Waals surface area contributed by atoms with E-state index in [4.69, 9.17) is 17.2 Å². The van der Waals surface area contributed by atoms with Gasteiger partial charge >= 0.3 is 5.97 Å². The van der Waals surface area contributed by atoms with Gasteiger partial charge in [-0.15, -0.1) is 0 Å². The number of aromatic amines is 1. The summed E-state index contributed by atoms with van der Waals surface area (Å²) in [6.07, 6.45) is 2.29. The fourth-order valence-electron chi connectivity index (χ4n) is 3.20. The van der Waals surface area contributed by atoms with Gasteiger partial charge in [-0.3, -0.25) is 19.2 Å². The molecule has 36 heavy (non-hydrogen) atoms. The van der Waals surface area contributed by atoms with Crippen LogP contribution >= 0.6 is 0 Å². The molecule has 0 aliphatic carbocycles. The standard InChI is InChI=1S/C21H36N8O7/c1-11(30)17(20(34)27-14(21(35)36)4-2-3-7-22)29-19(33)15(8-12-9-25-10-26-12)28-18(32)13(23)5-6-16(24)31/h9-11,13-15,17,30H,2-8,22-23H2,1H3,(H2,24,31)(H,25,26)(H,27,34)(H,28,32)(H,29,33)(H,35,36). The lowest BCUT2D eigenvalue weighted by Gasteiger charge is -2.26. The lowest BCUT2D eigenvalue weighted by Crippen LogP contribution is -2.60. The molecule has 4 amide bonds. The average Bonchev–Trinajstić information content (AvgIpc) is 3.32. The minimum atomic E-state index is -1.52. The first-order chi connectivity index (χ1) is 17.0. The van der Waals surface area contributed by atoms with Gasteiger partial charge in [-0.05, 0) is 39.2 Å². The van der Waals surface area contributed by atoms with Crippen molar-refractivity contribution >= 4 is 29.6 Å². The number of imidazole rings is 1. The Morgan fingerprint density at radius 2 is 1.69 bits per heavy atom. The second-order valence-corrected chi connectivity index (χ2v) is 8.36. The lowest BCUT2D eigenvalue weighted by atomic mass is 10.1. The molecule has 1 aromatic rings. The number of carboxylic acid groups (broad SMARTS) is 1. The number of unbranched alkanes of at least 4 members (excludes halogenated alkanes) is 1. The van der Waals surface area contributed by atoms with Crippen molar-refractivity contribution in [3.05, 3.63) is 18.2 Å². The molecule has 0 saturated carbocycles. The number of carbonyl (C=O) groups is 5. The largest absolute Gasteiger partial charge is 0.480 e. The van der Waals surface area contributed by atoms with Crippen molar-refractivity contribution < 1.29 is 34.2 Å². The summed E-state index contributed by atoms with van der Waals surface area (Å²) < 4.78 is 0. The minimum Gasteiger partial charge on any atom is -0.480 e. The van der Waals surface area contributed by atoms with E-state index < -0.39 is 59.9 Å². The van der Waals surface area contributed by atoms with Gasteiger partial charge in [-0.2, -0.15) is 0 Å². The molecule has 15 nitrogen and oxygen atoms in total. The Morgan fingerprint density at radius 3 is 2.22 bits per heavy atom. The molecule has 15 heteroatoms. The van der Waals surface area contributed by atoms with E-state index in [1.807, 2.05) is 0 Å². The van der Waals surface area contributed by atoms with E-state index in [0.717, 1.165) is 0 Å². The first-order valence-corrected chi connectivity index (χ1v) is 11.5. The SMILES string of the molecule is CC(O)C(NC(=O)C(Cc1cnc[nH]1)NC(=O)C(N)CCC(N)=O)C(=O)NC(CCCCN)C(=O)O. The molecule has 0 radical (unpaired) electrons. The highest BCUT2D eigenvalue weighted by Crippen LogP contribution is 2.05. The molecule has 1 heterocycles. The van der Waals surface area contributed by atoms with E-state index in [-0.39, 0.29) is 25.7 Å². The smallest absolute Gasteiger partial charge is 0.326 e. The number of hydrogen-bond acceptors (Lipinski definition) is 9. The van der Waals surface area contributed by atoms with Crippen LogP contribution in [0.15, 0.2) is 12.5 Å². The van der Waals surface area contributed by atoms with Crippen LogP contribution in [-0.2, 0) is 30.4 Å². The molecule has 0 spiro atoms. The summed E-state index contributed by atoms with van der Waals surface area (Å²) in [7, 11) is 0. The van der Waals surface area contributed by atoms with Gasteiger partial charge in [0.25, 0.3) is 0 Å². The molecule has 12 N–H and O–H groups in total. The highest BCUT2D eigenvalue weighted by molar-refractivity contribution is 5.94. The van der Waals surface area contributed by atoms with Gasteiger partial charge < -0.3 is 48.3 Å². The predicted molar refractivity (Wildman–Crippen MR) is 127 cm³/mol. The quantitative estimate of drug-likeness (QED) is 0.0933. The lowest BCUT2D eigenvalue weighted by molar-refractivity contribution is -0.143. The van der Waals surface area contributed by atoms with Crippen LogP contribution in [0.4, 0.5) is 0 Å². The van der Waals surface area contributed by atoms with Crippen molar-refractivity contribution in [3.8, 4) is 0 Å². The minimum absolute atomic E-state index is 0.0427. The molecule has 0 bridgehead atoms. The van der Waals surface area contributed by atoms with Gasteiger partial charge in [0.15, 0.2) is 0 Å². The first kappa shape index (κ1) is 30.5. The van der Waals surface area contributed by atoms with Gasteiger partial charge in [-0.1, -0.05) is 0 Å². The fraction of sp³-hybridized carbons (Fsp3) is 0.619. The second kappa shape index (κ2) is 15.4. The van der Waals surface area contributed by atoms with Crippen LogP contribution in [0.25, 0.3) is 0 Å². The topological polar surface area (TPSA) is 269 Å². The Bertz CT molecular complexity index is 878. The molecule has 0 fully saturated rings. The van der Waals surface area contributed by atoms with Crippen LogP contribution in [0.1, 0.15) is 44.7 Å². The number of aliphatic hydroxyl groups is 1. The predicted octanol–water partition coefficient (Wildman–Crippen LogP) is -3.41. The molecule has 0 aliphatic heterocycles. The van der Waals surface area contributed by atoms with Gasteiger partial charge in [0.1, 0.15) is 18.1 Å². The maximum Gasteiger partial charge on any atom is 0.326 e. The van der Waals surface area contributed by atoms with Gasteiger partial charge in [-0.25, -0.2) is 9.78 Å². The fourth-order valence-corrected chi connectivity index (χ4v) is 3.20. The number of nitrogens with zero attached hydrogens (tertiary/aromatic N) is 1. The number of carbonyl (C=O) groups excluding carboxylic acids is 4. The normalized spacial score (nSPS) is 15.1. The summed E-state index contributed by atoms with van der Waals surface area (Å²) in [6.45, 7) is 1.61. The Kier molecular flexibility index (Phi) is 13.1. The monoisotopic (exact) mass is 512 g/mol. The van der Waals surface area contributed by atoms with E-state index in [2.05, 4.69) is 25.9 Å². The zero-order chi connectivity index (χ0) is 27.3. The number of amides is 4. The Hall–Kier alpha value is -3.56. The number of aliphatic carboxylic acids is 1. The number of rotatable bonds is 17. The van der Waals surface area contributed by atoms with Crippen molar-refractivity contribution in [1.82, 2.24) is 25.9 Å². The van der Waals surface area contributed by atoms with Crippen LogP contribution in [0.2, 0.25) is 0 Å². The van der Waals surface area contributed by atoms with Crippen LogP contribution in [-0.4, -0.2) is 86.6 Å². The number of aliphatic hydroxyl groups excluding tert-OH is 1. The third-order valence-electron chi connectivity index (χ3n) is 5.27. The second-order valence-electron chi connectivity index (χ2n) is 8.36. The first-order valence-electron chi connectivity index (χ1n) is 11.5. The molecule has 1 rings (SSSR count). The number of H-pyrrole nitrogens is 1. The van der Waals surface area contributed by atoms with E-state index in [1.165, 1.54) is 19.4 Å². The van der Waals surface area contributed by atoms with E-state index in [0.29, 0.717) is 25.1 Å². The van der Waals surface area contributed by atoms with Crippen LogP contribution in [0.3, 0.4) is 0 Å². The van der Waals surface area contributed by atoms with Crippen molar-refractivity contribution in [3.63, 3.8) is 0 Å². The van der Waals surface area contributed by atoms with Gasteiger partial charge in [0, 0.05) is 24.7 Å². The number of primary amides is 1. The van der Waals surface area contributed by atoms with Crippen LogP contribution < -0.4 is 33.2 Å². The highest BCUT2D eigenvalue weighted by atomic mass is 16.4. The Morgan fingerprint density at radius 1 is 1.03 bits per heavy atom. The summed E-state index contributed by atoms with van der Waals surface area (Å²) in [5, 5.41) is 26.6. The maximum absolute atomic E-state index is 13.0. The maximum atomic E-state index is 13.0. The number of nitrogens with two attached hydrogens (primary N) is 3. The van der Waals surface area contributed by atoms with Crippen molar-refractivity contribution in [2.75, 3.05) is 6.54 Å². The molecular formula is C21H36N8O7. The summed E-state index contributed by atoms with van der Waals surface area (Å²) >= 11 is 0. The molecule has 1 aromatic heterocycles. The average molecular weight is 513 g/mol. The molecule has 5 unspecified atom stereocenters. The molecule has 202 valence electrons. The molecule has 0 saturated heterocycles. The van der Waals surface area contributed by atoms with E-state index in [1.54, 1.807) is 0 Å². The van der Waals surface area contributed by atoms with E-state index in [9.17, 15) is 34.2 Å². The number of aromatic nitrogens is 2. The van der Waals surface area contributed by atoms with Crippen LogP contribution in [0, 0.1) is 0 Å². The van der Waals surface area contributed by atoms with E-state index >= 15 is 0 Å². The summed E-state index contributed by atoms with van der Waals surface area (Å²) in [5.74, 6) is -4.40. The molecule has 0 aliphatic rings. The Labute approximate surface area is 207 Å².